The van der Waals surface area contributed by atoms with Crippen LogP contribution in [0.4, 0.5) is 5.69 Å². The number of piperazine rings is 1. The Morgan fingerprint density at radius 3 is 2.40 bits per heavy atom. The van der Waals surface area contributed by atoms with Gasteiger partial charge in [-0.25, -0.2) is 0 Å². The summed E-state index contributed by atoms with van der Waals surface area (Å²) in [6.45, 7) is 6.81. The molecule has 1 atom stereocenters. The van der Waals surface area contributed by atoms with Crippen molar-refractivity contribution < 1.29 is 4.79 Å². The highest BCUT2D eigenvalue weighted by molar-refractivity contribution is 5.79. The molecule has 1 amide bonds. The summed E-state index contributed by atoms with van der Waals surface area (Å²) in [5.74, 6) is -0.320. The van der Waals surface area contributed by atoms with Crippen LogP contribution in [-0.2, 0) is 11.3 Å². The minimum Gasteiger partial charge on any atom is -0.369 e. The van der Waals surface area contributed by atoms with E-state index in [1.165, 1.54) is 5.69 Å². The van der Waals surface area contributed by atoms with Gasteiger partial charge in [0.2, 0.25) is 5.91 Å². The van der Waals surface area contributed by atoms with Crippen LogP contribution in [0.3, 0.4) is 0 Å². The van der Waals surface area contributed by atoms with E-state index in [-0.39, 0.29) is 11.9 Å². The Bertz CT molecular complexity index is 438. The van der Waals surface area contributed by atoms with Crippen molar-refractivity contribution in [3.8, 4) is 0 Å². The SMILES string of the molecule is C[C@H](NCc1ccc(N2CCN(C)CC2)cc1)C(N)=O. The van der Waals surface area contributed by atoms with Crippen LogP contribution in [0, 0.1) is 0 Å². The maximum Gasteiger partial charge on any atom is 0.234 e. The van der Waals surface area contributed by atoms with Gasteiger partial charge in [-0.05, 0) is 31.7 Å². The molecule has 1 aromatic carbocycles. The molecule has 0 aliphatic carbocycles. The zero-order valence-corrected chi connectivity index (χ0v) is 12.3. The number of likely N-dealkylation sites (N-methyl/N-ethyl adjacent to an activating group) is 1. The lowest BCUT2D eigenvalue weighted by atomic mass is 10.1. The first kappa shape index (κ1) is 14.8. The van der Waals surface area contributed by atoms with Crippen molar-refractivity contribution in [3.05, 3.63) is 29.8 Å². The van der Waals surface area contributed by atoms with Crippen LogP contribution in [0.5, 0.6) is 0 Å². The summed E-state index contributed by atoms with van der Waals surface area (Å²) < 4.78 is 0. The largest absolute Gasteiger partial charge is 0.369 e. The van der Waals surface area contributed by atoms with Crippen molar-refractivity contribution in [2.45, 2.75) is 19.5 Å². The Hall–Kier alpha value is -1.59. The molecule has 1 heterocycles. The molecule has 0 bridgehead atoms. The minimum absolute atomic E-state index is 0.299. The molecule has 5 heteroatoms. The van der Waals surface area contributed by atoms with Crippen molar-refractivity contribution in [2.75, 3.05) is 38.1 Å². The maximum atomic E-state index is 11.0. The van der Waals surface area contributed by atoms with Crippen molar-refractivity contribution in [3.63, 3.8) is 0 Å². The molecule has 0 saturated carbocycles. The molecule has 0 radical (unpaired) electrons. The third kappa shape index (κ3) is 3.95. The van der Waals surface area contributed by atoms with Crippen LogP contribution < -0.4 is 16.0 Å². The molecule has 3 N–H and O–H groups in total. The Kier molecular flexibility index (Phi) is 4.98. The number of anilines is 1. The number of hydrogen-bond acceptors (Lipinski definition) is 4. The molecular formula is C15H24N4O. The molecular weight excluding hydrogens is 252 g/mol. The van der Waals surface area contributed by atoms with Gasteiger partial charge < -0.3 is 20.9 Å². The number of nitrogens with two attached hydrogens (primary N) is 1. The highest BCUT2D eigenvalue weighted by Gasteiger charge is 2.14. The molecule has 0 aromatic heterocycles. The lowest BCUT2D eigenvalue weighted by Gasteiger charge is -2.34. The van der Waals surface area contributed by atoms with Crippen molar-refractivity contribution in [2.24, 2.45) is 5.73 Å². The number of carbonyl (C=O) groups excluding carboxylic acids is 1. The average molecular weight is 276 g/mol. The smallest absolute Gasteiger partial charge is 0.234 e. The molecule has 2 rings (SSSR count). The third-order valence-electron chi connectivity index (χ3n) is 3.84. The van der Waals surface area contributed by atoms with E-state index in [0.717, 1.165) is 31.7 Å². The average Bonchev–Trinajstić information content (AvgIpc) is 2.46. The Morgan fingerprint density at radius 1 is 1.25 bits per heavy atom. The summed E-state index contributed by atoms with van der Waals surface area (Å²) in [6, 6.07) is 8.21. The van der Waals surface area contributed by atoms with Crippen molar-refractivity contribution in [1.29, 1.82) is 0 Å². The van der Waals surface area contributed by atoms with Gasteiger partial charge in [0.15, 0.2) is 0 Å². The highest BCUT2D eigenvalue weighted by Crippen LogP contribution is 2.17. The monoisotopic (exact) mass is 276 g/mol. The van der Waals surface area contributed by atoms with Gasteiger partial charge in [-0.1, -0.05) is 12.1 Å². The molecule has 1 fully saturated rings. The Balaban J connectivity index is 1.88. The summed E-state index contributed by atoms with van der Waals surface area (Å²) in [5.41, 5.74) is 7.65. The lowest BCUT2D eigenvalue weighted by Crippen LogP contribution is -2.44. The second-order valence-corrected chi connectivity index (χ2v) is 5.46. The fraction of sp³-hybridized carbons (Fsp3) is 0.533. The van der Waals surface area contributed by atoms with Crippen molar-refractivity contribution >= 4 is 11.6 Å². The van der Waals surface area contributed by atoms with Gasteiger partial charge in [0, 0.05) is 38.4 Å². The van der Waals surface area contributed by atoms with Gasteiger partial charge in [0.25, 0.3) is 0 Å². The number of nitrogens with zero attached hydrogens (tertiary/aromatic N) is 2. The number of primary amides is 1. The van der Waals surface area contributed by atoms with E-state index in [9.17, 15) is 4.79 Å². The van der Waals surface area contributed by atoms with Crippen LogP contribution in [0.15, 0.2) is 24.3 Å². The Morgan fingerprint density at radius 2 is 1.85 bits per heavy atom. The molecule has 1 aromatic rings. The van der Waals surface area contributed by atoms with E-state index in [1.807, 2.05) is 0 Å². The predicted octanol–water partition coefficient (Wildman–Crippen LogP) is 0.402. The topological polar surface area (TPSA) is 61.6 Å². The number of benzene rings is 1. The number of hydrogen-bond donors (Lipinski definition) is 2. The van der Waals surface area contributed by atoms with E-state index in [1.54, 1.807) is 6.92 Å². The van der Waals surface area contributed by atoms with Crippen LogP contribution in [-0.4, -0.2) is 50.1 Å². The minimum atomic E-state index is -0.320. The summed E-state index contributed by atoms with van der Waals surface area (Å²) in [4.78, 5) is 15.7. The third-order valence-corrected chi connectivity index (χ3v) is 3.84. The van der Waals surface area contributed by atoms with Gasteiger partial charge in [0.05, 0.1) is 6.04 Å². The standard InChI is InChI=1S/C15H24N4O/c1-12(15(16)20)17-11-13-3-5-14(6-4-13)19-9-7-18(2)8-10-19/h3-6,12,17H,7-11H2,1-2H3,(H2,16,20)/t12-/m0/s1. The summed E-state index contributed by atoms with van der Waals surface area (Å²) in [7, 11) is 2.16. The fourth-order valence-electron chi connectivity index (χ4n) is 2.26. The molecule has 0 spiro atoms. The first-order chi connectivity index (χ1) is 9.56. The van der Waals surface area contributed by atoms with E-state index in [0.29, 0.717) is 6.54 Å². The second kappa shape index (κ2) is 6.72. The van der Waals surface area contributed by atoms with E-state index in [2.05, 4.69) is 46.4 Å². The second-order valence-electron chi connectivity index (χ2n) is 5.46. The van der Waals surface area contributed by atoms with Crippen molar-refractivity contribution in [1.82, 2.24) is 10.2 Å². The summed E-state index contributed by atoms with van der Waals surface area (Å²) in [5, 5.41) is 3.11. The zero-order chi connectivity index (χ0) is 14.5. The lowest BCUT2D eigenvalue weighted by molar-refractivity contribution is -0.119. The van der Waals surface area contributed by atoms with E-state index >= 15 is 0 Å². The molecule has 110 valence electrons. The van der Waals surface area contributed by atoms with Crippen LogP contribution >= 0.6 is 0 Å². The highest BCUT2D eigenvalue weighted by atomic mass is 16.1. The van der Waals surface area contributed by atoms with Gasteiger partial charge in [-0.15, -0.1) is 0 Å². The van der Waals surface area contributed by atoms with E-state index in [4.69, 9.17) is 5.73 Å². The van der Waals surface area contributed by atoms with Gasteiger partial charge in [-0.3, -0.25) is 4.79 Å². The summed E-state index contributed by atoms with van der Waals surface area (Å²) in [6.07, 6.45) is 0. The van der Waals surface area contributed by atoms with Crippen LogP contribution in [0.25, 0.3) is 0 Å². The first-order valence-corrected chi connectivity index (χ1v) is 7.11. The maximum absolute atomic E-state index is 11.0. The predicted molar refractivity (Wildman–Crippen MR) is 81.6 cm³/mol. The van der Waals surface area contributed by atoms with Gasteiger partial charge in [-0.2, -0.15) is 0 Å². The number of amides is 1. The first-order valence-electron chi connectivity index (χ1n) is 7.11. The molecule has 1 saturated heterocycles. The van der Waals surface area contributed by atoms with E-state index < -0.39 is 0 Å². The summed E-state index contributed by atoms with van der Waals surface area (Å²) >= 11 is 0. The number of carbonyl (C=O) groups is 1. The molecule has 1 aliphatic rings. The Labute approximate surface area is 120 Å². The number of nitrogens with one attached hydrogen (secondary N) is 1. The molecule has 5 nitrogen and oxygen atoms in total. The van der Waals surface area contributed by atoms with Gasteiger partial charge >= 0.3 is 0 Å². The fourth-order valence-corrected chi connectivity index (χ4v) is 2.26. The zero-order valence-electron chi connectivity index (χ0n) is 12.3. The van der Waals surface area contributed by atoms with Crippen LogP contribution in [0.1, 0.15) is 12.5 Å². The molecule has 0 unspecified atom stereocenters. The van der Waals surface area contributed by atoms with Gasteiger partial charge in [0.1, 0.15) is 0 Å². The number of rotatable bonds is 5. The molecule has 20 heavy (non-hydrogen) atoms. The molecule has 1 aliphatic heterocycles. The quantitative estimate of drug-likeness (QED) is 0.817. The normalized spacial score (nSPS) is 18.0. The van der Waals surface area contributed by atoms with Crippen LogP contribution in [0.2, 0.25) is 0 Å².